The van der Waals surface area contributed by atoms with Gasteiger partial charge in [0.15, 0.2) is 0 Å². The van der Waals surface area contributed by atoms with E-state index in [1.54, 1.807) is 7.11 Å². The Bertz CT molecular complexity index is 587. The van der Waals surface area contributed by atoms with Crippen LogP contribution in [0.2, 0.25) is 0 Å². The van der Waals surface area contributed by atoms with Gasteiger partial charge in [-0.2, -0.15) is 0 Å². The van der Waals surface area contributed by atoms with Crippen LogP contribution in [0.15, 0.2) is 36.4 Å². The Morgan fingerprint density at radius 3 is 2.45 bits per heavy atom. The van der Waals surface area contributed by atoms with Crippen molar-refractivity contribution in [2.45, 2.75) is 38.1 Å². The van der Waals surface area contributed by atoms with Gasteiger partial charge in [-0.05, 0) is 53.3 Å². The summed E-state index contributed by atoms with van der Waals surface area (Å²) in [4.78, 5) is 0. The number of hydrogen-bond acceptors (Lipinski definition) is 2. The minimum Gasteiger partial charge on any atom is -0.497 e. The van der Waals surface area contributed by atoms with Gasteiger partial charge in [-0.15, -0.1) is 0 Å². The lowest BCUT2D eigenvalue weighted by molar-refractivity contribution is 0.308. The fourth-order valence-electron chi connectivity index (χ4n) is 3.34. The second-order valence-corrected chi connectivity index (χ2v) is 5.90. The highest BCUT2D eigenvalue weighted by Gasteiger charge is 2.21. The number of ether oxygens (including phenoxy) is 1. The fraction of sp³-hybridized carbons (Fsp3) is 0.444. The molecule has 1 atom stereocenters. The second kappa shape index (κ2) is 5.84. The highest BCUT2D eigenvalue weighted by Crippen LogP contribution is 2.34. The minimum absolute atomic E-state index is 0.182. The smallest absolute Gasteiger partial charge is 0.119 e. The van der Waals surface area contributed by atoms with E-state index < -0.39 is 0 Å². The Morgan fingerprint density at radius 2 is 1.70 bits per heavy atom. The molecule has 20 heavy (non-hydrogen) atoms. The van der Waals surface area contributed by atoms with Crippen molar-refractivity contribution in [3.05, 3.63) is 42.0 Å². The Morgan fingerprint density at radius 1 is 1.00 bits per heavy atom. The third kappa shape index (κ3) is 2.66. The first-order valence-electron chi connectivity index (χ1n) is 7.61. The van der Waals surface area contributed by atoms with Gasteiger partial charge in [-0.1, -0.05) is 37.5 Å². The molecule has 0 saturated heterocycles. The van der Waals surface area contributed by atoms with Gasteiger partial charge in [0.2, 0.25) is 0 Å². The summed E-state index contributed by atoms with van der Waals surface area (Å²) < 4.78 is 5.27. The van der Waals surface area contributed by atoms with Gasteiger partial charge in [0.05, 0.1) is 7.11 Å². The van der Waals surface area contributed by atoms with Crippen LogP contribution < -0.4 is 10.5 Å². The molecule has 0 heterocycles. The molecule has 1 fully saturated rings. The molecule has 106 valence electrons. The molecule has 2 nitrogen and oxygen atoms in total. The van der Waals surface area contributed by atoms with E-state index in [0.29, 0.717) is 5.92 Å². The number of fused-ring (bicyclic) bond motifs is 1. The first-order chi connectivity index (χ1) is 9.78. The Balaban J connectivity index is 1.88. The van der Waals surface area contributed by atoms with Crippen LogP contribution in [-0.2, 0) is 0 Å². The zero-order valence-electron chi connectivity index (χ0n) is 12.1. The lowest BCUT2D eigenvalue weighted by atomic mass is 9.81. The van der Waals surface area contributed by atoms with E-state index >= 15 is 0 Å². The molecule has 2 aromatic carbocycles. The minimum atomic E-state index is 0.182. The fourth-order valence-corrected chi connectivity index (χ4v) is 3.34. The maximum absolute atomic E-state index is 6.49. The van der Waals surface area contributed by atoms with E-state index in [0.717, 1.165) is 5.75 Å². The van der Waals surface area contributed by atoms with Crippen molar-refractivity contribution in [3.8, 4) is 5.75 Å². The molecule has 2 aromatic rings. The molecule has 2 heteroatoms. The zero-order valence-corrected chi connectivity index (χ0v) is 12.1. The van der Waals surface area contributed by atoms with Gasteiger partial charge in [-0.25, -0.2) is 0 Å². The lowest BCUT2D eigenvalue weighted by Crippen LogP contribution is -2.23. The highest BCUT2D eigenvalue weighted by molar-refractivity contribution is 5.84. The van der Waals surface area contributed by atoms with Gasteiger partial charge in [0, 0.05) is 6.04 Å². The van der Waals surface area contributed by atoms with Crippen molar-refractivity contribution in [2.24, 2.45) is 11.7 Å². The maximum Gasteiger partial charge on any atom is 0.119 e. The van der Waals surface area contributed by atoms with Crippen molar-refractivity contribution in [1.29, 1.82) is 0 Å². The van der Waals surface area contributed by atoms with Crippen molar-refractivity contribution in [2.75, 3.05) is 7.11 Å². The molecule has 1 saturated carbocycles. The average Bonchev–Trinajstić information content (AvgIpc) is 2.54. The molecule has 0 unspecified atom stereocenters. The normalized spacial score (nSPS) is 18.1. The summed E-state index contributed by atoms with van der Waals surface area (Å²) in [5.74, 6) is 1.56. The highest BCUT2D eigenvalue weighted by atomic mass is 16.5. The van der Waals surface area contributed by atoms with Crippen LogP contribution in [0.5, 0.6) is 5.75 Å². The average molecular weight is 269 g/mol. The third-order valence-electron chi connectivity index (χ3n) is 4.61. The first kappa shape index (κ1) is 13.4. The standard InChI is InChI=1S/C18H23NO/c1-20-17-10-9-14-11-16(8-7-15(14)12-17)18(19)13-5-3-2-4-6-13/h7-13,18H,2-6,19H2,1H3/t18-/m1/s1. The van der Waals surface area contributed by atoms with Crippen LogP contribution in [0.4, 0.5) is 0 Å². The van der Waals surface area contributed by atoms with Crippen LogP contribution >= 0.6 is 0 Å². The van der Waals surface area contributed by atoms with Gasteiger partial charge >= 0.3 is 0 Å². The van der Waals surface area contributed by atoms with Crippen LogP contribution in [0, 0.1) is 5.92 Å². The van der Waals surface area contributed by atoms with E-state index in [1.165, 1.54) is 48.4 Å². The monoisotopic (exact) mass is 269 g/mol. The molecular weight excluding hydrogens is 246 g/mol. The summed E-state index contributed by atoms with van der Waals surface area (Å²) in [6.45, 7) is 0. The van der Waals surface area contributed by atoms with Crippen LogP contribution in [-0.4, -0.2) is 7.11 Å². The van der Waals surface area contributed by atoms with Crippen molar-refractivity contribution in [3.63, 3.8) is 0 Å². The van der Waals surface area contributed by atoms with Gasteiger partial charge in [0.1, 0.15) is 5.75 Å². The summed E-state index contributed by atoms with van der Waals surface area (Å²) >= 11 is 0. The van der Waals surface area contributed by atoms with E-state index in [4.69, 9.17) is 10.5 Å². The second-order valence-electron chi connectivity index (χ2n) is 5.90. The molecule has 0 spiro atoms. The SMILES string of the molecule is COc1ccc2cc([C@H](N)C3CCCCC3)ccc2c1. The van der Waals surface area contributed by atoms with Gasteiger partial charge in [-0.3, -0.25) is 0 Å². The molecule has 0 aliphatic heterocycles. The molecular formula is C18H23NO. The van der Waals surface area contributed by atoms with Crippen LogP contribution in [0.25, 0.3) is 10.8 Å². The third-order valence-corrected chi connectivity index (χ3v) is 4.61. The number of rotatable bonds is 3. The predicted molar refractivity (Wildman–Crippen MR) is 84.0 cm³/mol. The molecule has 0 amide bonds. The predicted octanol–water partition coefficient (Wildman–Crippen LogP) is 4.43. The quantitative estimate of drug-likeness (QED) is 0.894. The summed E-state index contributed by atoms with van der Waals surface area (Å²) in [6.07, 6.45) is 6.61. The number of methoxy groups -OCH3 is 1. The molecule has 1 aliphatic carbocycles. The molecule has 2 N–H and O–H groups in total. The first-order valence-corrected chi connectivity index (χ1v) is 7.61. The Labute approximate surface area is 120 Å². The Hall–Kier alpha value is -1.54. The molecule has 0 bridgehead atoms. The van der Waals surface area contributed by atoms with E-state index in [9.17, 15) is 0 Å². The maximum atomic E-state index is 6.49. The molecule has 3 rings (SSSR count). The summed E-state index contributed by atoms with van der Waals surface area (Å²) in [7, 11) is 1.70. The van der Waals surface area contributed by atoms with E-state index in [-0.39, 0.29) is 6.04 Å². The lowest BCUT2D eigenvalue weighted by Gasteiger charge is -2.28. The van der Waals surface area contributed by atoms with Gasteiger partial charge in [0.25, 0.3) is 0 Å². The molecule has 0 aromatic heterocycles. The number of benzene rings is 2. The van der Waals surface area contributed by atoms with Crippen molar-refractivity contribution >= 4 is 10.8 Å². The molecule has 1 aliphatic rings. The zero-order chi connectivity index (χ0) is 13.9. The largest absolute Gasteiger partial charge is 0.497 e. The molecule has 0 radical (unpaired) electrons. The van der Waals surface area contributed by atoms with E-state index in [2.05, 4.69) is 30.3 Å². The number of hydrogen-bond donors (Lipinski definition) is 1. The summed E-state index contributed by atoms with van der Waals surface area (Å²) in [5.41, 5.74) is 7.76. The van der Waals surface area contributed by atoms with E-state index in [1.807, 2.05) is 6.07 Å². The Kier molecular flexibility index (Phi) is 3.93. The van der Waals surface area contributed by atoms with Crippen molar-refractivity contribution in [1.82, 2.24) is 0 Å². The van der Waals surface area contributed by atoms with Gasteiger partial charge < -0.3 is 10.5 Å². The summed E-state index contributed by atoms with van der Waals surface area (Å²) in [6, 6.07) is 13.0. The topological polar surface area (TPSA) is 35.2 Å². The number of nitrogens with two attached hydrogens (primary N) is 1. The summed E-state index contributed by atoms with van der Waals surface area (Å²) in [5, 5.41) is 2.46. The van der Waals surface area contributed by atoms with Crippen molar-refractivity contribution < 1.29 is 4.74 Å². The van der Waals surface area contributed by atoms with Crippen LogP contribution in [0.3, 0.4) is 0 Å². The van der Waals surface area contributed by atoms with Crippen LogP contribution in [0.1, 0.15) is 43.7 Å².